The van der Waals surface area contributed by atoms with Crippen molar-refractivity contribution in [2.45, 2.75) is 26.2 Å². The molecule has 5 nitrogen and oxygen atoms in total. The van der Waals surface area contributed by atoms with Gasteiger partial charge in [-0.1, -0.05) is 12.1 Å². The third-order valence-electron chi connectivity index (χ3n) is 3.75. The average molecular weight is 265 g/mol. The molecule has 0 unspecified atom stereocenters. The number of benzene rings is 1. The Morgan fingerprint density at radius 3 is 2.95 bits per heavy atom. The van der Waals surface area contributed by atoms with Gasteiger partial charge in [0.1, 0.15) is 11.6 Å². The Bertz CT molecular complexity index is 790. The van der Waals surface area contributed by atoms with Crippen LogP contribution in [0, 0.1) is 6.92 Å². The quantitative estimate of drug-likeness (QED) is 0.747. The van der Waals surface area contributed by atoms with Crippen molar-refractivity contribution in [1.82, 2.24) is 20.2 Å². The molecular weight excluding hydrogens is 250 g/mol. The number of hydrogen-bond donors (Lipinski definition) is 2. The van der Waals surface area contributed by atoms with E-state index in [1.807, 2.05) is 25.1 Å². The zero-order chi connectivity index (χ0) is 13.5. The fourth-order valence-corrected chi connectivity index (χ4v) is 2.83. The first-order valence-corrected chi connectivity index (χ1v) is 6.88. The van der Waals surface area contributed by atoms with Gasteiger partial charge in [0.2, 0.25) is 0 Å². The molecule has 2 heterocycles. The van der Waals surface area contributed by atoms with E-state index in [1.54, 1.807) is 0 Å². The molecule has 1 aromatic carbocycles. The second-order valence-corrected chi connectivity index (χ2v) is 5.14. The van der Waals surface area contributed by atoms with E-state index < -0.39 is 0 Å². The van der Waals surface area contributed by atoms with Gasteiger partial charge < -0.3 is 5.32 Å². The molecule has 5 heteroatoms. The lowest BCUT2D eigenvalue weighted by Gasteiger charge is -2.09. The Hall–Kier alpha value is -2.43. The van der Waals surface area contributed by atoms with Gasteiger partial charge in [0.25, 0.3) is 0 Å². The van der Waals surface area contributed by atoms with E-state index in [0.717, 1.165) is 47.6 Å². The van der Waals surface area contributed by atoms with E-state index in [1.165, 1.54) is 11.3 Å². The number of hydrogen-bond acceptors (Lipinski definition) is 4. The second kappa shape index (κ2) is 4.30. The molecule has 0 spiro atoms. The molecule has 0 amide bonds. The maximum absolute atomic E-state index is 4.55. The van der Waals surface area contributed by atoms with Crippen molar-refractivity contribution in [3.05, 3.63) is 41.3 Å². The summed E-state index contributed by atoms with van der Waals surface area (Å²) in [4.78, 5) is 9.08. The van der Waals surface area contributed by atoms with Crippen molar-refractivity contribution in [3.63, 3.8) is 0 Å². The minimum Gasteiger partial charge on any atom is -0.323 e. The van der Waals surface area contributed by atoms with Crippen molar-refractivity contribution < 1.29 is 0 Å². The Kier molecular flexibility index (Phi) is 2.45. The van der Waals surface area contributed by atoms with E-state index in [-0.39, 0.29) is 0 Å². The number of anilines is 2. The lowest BCUT2D eigenvalue weighted by molar-refractivity contribution is 0.895. The Labute approximate surface area is 116 Å². The van der Waals surface area contributed by atoms with Crippen molar-refractivity contribution in [2.24, 2.45) is 0 Å². The minimum absolute atomic E-state index is 0.813. The van der Waals surface area contributed by atoms with Crippen LogP contribution in [0.3, 0.4) is 0 Å². The van der Waals surface area contributed by atoms with Gasteiger partial charge in [-0.2, -0.15) is 5.10 Å². The molecule has 1 aliphatic rings. The molecule has 1 aliphatic carbocycles. The number of para-hydroxylation sites is 1. The van der Waals surface area contributed by atoms with Gasteiger partial charge in [-0.3, -0.25) is 5.10 Å². The highest BCUT2D eigenvalue weighted by Gasteiger charge is 2.19. The van der Waals surface area contributed by atoms with Gasteiger partial charge in [-0.15, -0.1) is 0 Å². The first-order valence-electron chi connectivity index (χ1n) is 6.88. The molecule has 4 rings (SSSR count). The summed E-state index contributed by atoms with van der Waals surface area (Å²) in [5.41, 5.74) is 3.44. The van der Waals surface area contributed by atoms with E-state index >= 15 is 0 Å². The van der Waals surface area contributed by atoms with Crippen LogP contribution >= 0.6 is 0 Å². The van der Waals surface area contributed by atoms with Crippen LogP contribution in [0.5, 0.6) is 0 Å². The standard InChI is InChI=1S/C15H15N5/c1-9-16-12-8-4-6-10(12)14(17-9)18-15-11-5-2-3-7-13(11)19-20-15/h2-3,5,7H,4,6,8H2,1H3,(H2,16,17,18,19,20). The summed E-state index contributed by atoms with van der Waals surface area (Å²) in [6.45, 7) is 1.94. The molecule has 3 aromatic rings. The predicted octanol–water partition coefficient (Wildman–Crippen LogP) is 2.89. The first-order chi connectivity index (χ1) is 9.81. The van der Waals surface area contributed by atoms with Crippen LogP contribution in [0.15, 0.2) is 24.3 Å². The topological polar surface area (TPSA) is 66.5 Å². The lowest BCUT2D eigenvalue weighted by Crippen LogP contribution is -2.04. The fraction of sp³-hybridized carbons (Fsp3) is 0.267. The Morgan fingerprint density at radius 1 is 1.10 bits per heavy atom. The largest absolute Gasteiger partial charge is 0.323 e. The fourth-order valence-electron chi connectivity index (χ4n) is 2.83. The zero-order valence-electron chi connectivity index (χ0n) is 11.3. The number of aromatic amines is 1. The summed E-state index contributed by atoms with van der Waals surface area (Å²) < 4.78 is 0. The molecule has 100 valence electrons. The molecule has 2 aromatic heterocycles. The molecule has 0 saturated heterocycles. The Balaban J connectivity index is 1.80. The number of H-pyrrole nitrogens is 1. The molecule has 20 heavy (non-hydrogen) atoms. The summed E-state index contributed by atoms with van der Waals surface area (Å²) in [5, 5.41) is 11.8. The van der Waals surface area contributed by atoms with Crippen molar-refractivity contribution in [3.8, 4) is 0 Å². The second-order valence-electron chi connectivity index (χ2n) is 5.14. The third kappa shape index (κ3) is 1.74. The van der Waals surface area contributed by atoms with Crippen LogP contribution < -0.4 is 5.32 Å². The highest BCUT2D eigenvalue weighted by molar-refractivity contribution is 5.91. The summed E-state index contributed by atoms with van der Waals surface area (Å²) in [5.74, 6) is 2.54. The first kappa shape index (κ1) is 11.4. The molecule has 0 atom stereocenters. The average Bonchev–Trinajstić information content (AvgIpc) is 3.06. The third-order valence-corrected chi connectivity index (χ3v) is 3.75. The van der Waals surface area contributed by atoms with Crippen LogP contribution in [0.2, 0.25) is 0 Å². The van der Waals surface area contributed by atoms with Gasteiger partial charge in [-0.25, -0.2) is 9.97 Å². The van der Waals surface area contributed by atoms with E-state index in [9.17, 15) is 0 Å². The van der Waals surface area contributed by atoms with Crippen LogP contribution in [0.1, 0.15) is 23.5 Å². The smallest absolute Gasteiger partial charge is 0.161 e. The molecule has 0 fully saturated rings. The summed E-state index contributed by atoms with van der Waals surface area (Å²) in [6.07, 6.45) is 3.25. The number of aromatic nitrogens is 4. The zero-order valence-corrected chi connectivity index (χ0v) is 11.3. The summed E-state index contributed by atoms with van der Waals surface area (Å²) in [7, 11) is 0. The van der Waals surface area contributed by atoms with Gasteiger partial charge in [0, 0.05) is 16.6 Å². The summed E-state index contributed by atoms with van der Waals surface area (Å²) in [6, 6.07) is 8.08. The lowest BCUT2D eigenvalue weighted by atomic mass is 10.2. The van der Waals surface area contributed by atoms with Gasteiger partial charge in [0.05, 0.1) is 5.52 Å². The van der Waals surface area contributed by atoms with E-state index in [4.69, 9.17) is 0 Å². The maximum atomic E-state index is 4.55. The molecule has 0 aliphatic heterocycles. The number of rotatable bonds is 2. The van der Waals surface area contributed by atoms with E-state index in [2.05, 4.69) is 31.5 Å². The van der Waals surface area contributed by atoms with Crippen LogP contribution in [0.25, 0.3) is 10.9 Å². The number of nitrogens with one attached hydrogen (secondary N) is 2. The predicted molar refractivity (Wildman–Crippen MR) is 78.2 cm³/mol. The monoisotopic (exact) mass is 265 g/mol. The van der Waals surface area contributed by atoms with Crippen molar-refractivity contribution in [2.75, 3.05) is 5.32 Å². The molecule has 0 bridgehead atoms. The van der Waals surface area contributed by atoms with Crippen LogP contribution in [-0.2, 0) is 12.8 Å². The number of aryl methyl sites for hydroxylation is 2. The maximum Gasteiger partial charge on any atom is 0.161 e. The summed E-state index contributed by atoms with van der Waals surface area (Å²) >= 11 is 0. The van der Waals surface area contributed by atoms with Crippen molar-refractivity contribution in [1.29, 1.82) is 0 Å². The minimum atomic E-state index is 0.813. The van der Waals surface area contributed by atoms with Gasteiger partial charge >= 0.3 is 0 Å². The highest BCUT2D eigenvalue weighted by Crippen LogP contribution is 2.30. The molecule has 0 radical (unpaired) electrons. The van der Waals surface area contributed by atoms with Gasteiger partial charge in [0.15, 0.2) is 5.82 Å². The van der Waals surface area contributed by atoms with Crippen LogP contribution in [0.4, 0.5) is 11.6 Å². The SMILES string of the molecule is Cc1nc2c(c(Nc3n[nH]c4ccccc34)n1)CCC2. The number of nitrogens with zero attached hydrogens (tertiary/aromatic N) is 3. The van der Waals surface area contributed by atoms with Gasteiger partial charge in [-0.05, 0) is 38.3 Å². The Morgan fingerprint density at radius 2 is 2.00 bits per heavy atom. The number of fused-ring (bicyclic) bond motifs is 2. The van der Waals surface area contributed by atoms with E-state index in [0.29, 0.717) is 0 Å². The molecular formula is C15H15N5. The molecule has 2 N–H and O–H groups in total. The van der Waals surface area contributed by atoms with Crippen molar-refractivity contribution >= 4 is 22.5 Å². The van der Waals surface area contributed by atoms with Crippen LogP contribution in [-0.4, -0.2) is 20.2 Å². The molecule has 0 saturated carbocycles. The normalized spacial score (nSPS) is 13.7. The highest BCUT2D eigenvalue weighted by atomic mass is 15.2.